The Kier molecular flexibility index (Phi) is 4.69. The van der Waals surface area contributed by atoms with Crippen LogP contribution in [0.1, 0.15) is 37.5 Å². The van der Waals surface area contributed by atoms with Gasteiger partial charge in [0.15, 0.2) is 0 Å². The Bertz CT molecular complexity index is 722. The van der Waals surface area contributed by atoms with E-state index >= 15 is 0 Å². The standard InChI is InChI=1S/C19H22N2O3/c1-13(2)16-7-3-4-8-17(16)21-12-14(10-18(21)22)19(23)20-11-15-6-5-9-24-15/h3-9,13-14H,10-12H2,1-2H3,(H,20,23). The van der Waals surface area contributed by atoms with Gasteiger partial charge in [-0.15, -0.1) is 0 Å². The van der Waals surface area contributed by atoms with Crippen LogP contribution in [0.2, 0.25) is 0 Å². The topological polar surface area (TPSA) is 62.6 Å². The van der Waals surface area contributed by atoms with Crippen molar-refractivity contribution in [2.75, 3.05) is 11.4 Å². The number of anilines is 1. The van der Waals surface area contributed by atoms with Crippen LogP contribution < -0.4 is 10.2 Å². The summed E-state index contributed by atoms with van der Waals surface area (Å²) in [6, 6.07) is 11.5. The average Bonchev–Trinajstić information content (AvgIpc) is 3.22. The number of rotatable bonds is 5. The van der Waals surface area contributed by atoms with Crippen molar-refractivity contribution in [3.8, 4) is 0 Å². The van der Waals surface area contributed by atoms with Gasteiger partial charge in [0.1, 0.15) is 5.76 Å². The molecule has 1 N–H and O–H groups in total. The fourth-order valence-corrected chi connectivity index (χ4v) is 3.07. The molecule has 1 aromatic heterocycles. The zero-order chi connectivity index (χ0) is 17.1. The first-order chi connectivity index (χ1) is 11.6. The summed E-state index contributed by atoms with van der Waals surface area (Å²) in [5, 5.41) is 2.85. The van der Waals surface area contributed by atoms with Crippen LogP contribution in [0, 0.1) is 5.92 Å². The van der Waals surface area contributed by atoms with E-state index in [1.165, 1.54) is 0 Å². The summed E-state index contributed by atoms with van der Waals surface area (Å²) in [5.74, 6) is 0.591. The van der Waals surface area contributed by atoms with Crippen molar-refractivity contribution in [2.45, 2.75) is 32.7 Å². The second-order valence-electron chi connectivity index (χ2n) is 6.42. The number of hydrogen-bond acceptors (Lipinski definition) is 3. The highest BCUT2D eigenvalue weighted by Crippen LogP contribution is 2.32. The van der Waals surface area contributed by atoms with Gasteiger partial charge in [-0.05, 0) is 29.7 Å². The lowest BCUT2D eigenvalue weighted by Crippen LogP contribution is -2.32. The molecule has 0 saturated carbocycles. The van der Waals surface area contributed by atoms with Gasteiger partial charge < -0.3 is 14.6 Å². The van der Waals surface area contributed by atoms with Gasteiger partial charge in [-0.2, -0.15) is 0 Å². The predicted octanol–water partition coefficient (Wildman–Crippen LogP) is 3.07. The number of hydrogen-bond donors (Lipinski definition) is 1. The zero-order valence-electron chi connectivity index (χ0n) is 14.0. The number of para-hydroxylation sites is 1. The fraction of sp³-hybridized carbons (Fsp3) is 0.368. The molecule has 126 valence electrons. The molecule has 1 aliphatic rings. The smallest absolute Gasteiger partial charge is 0.227 e. The first kappa shape index (κ1) is 16.3. The number of carbonyl (C=O) groups is 2. The summed E-state index contributed by atoms with van der Waals surface area (Å²) < 4.78 is 5.21. The van der Waals surface area contributed by atoms with E-state index in [1.54, 1.807) is 17.2 Å². The molecule has 24 heavy (non-hydrogen) atoms. The third kappa shape index (κ3) is 3.35. The molecule has 0 aliphatic carbocycles. The van der Waals surface area contributed by atoms with E-state index in [9.17, 15) is 9.59 Å². The van der Waals surface area contributed by atoms with Gasteiger partial charge in [0.05, 0.1) is 18.7 Å². The van der Waals surface area contributed by atoms with Crippen LogP contribution >= 0.6 is 0 Å². The van der Waals surface area contributed by atoms with Crippen molar-refractivity contribution < 1.29 is 14.0 Å². The summed E-state index contributed by atoms with van der Waals surface area (Å²) in [4.78, 5) is 26.5. The summed E-state index contributed by atoms with van der Waals surface area (Å²) in [6.45, 7) is 4.98. The fourth-order valence-electron chi connectivity index (χ4n) is 3.07. The van der Waals surface area contributed by atoms with Crippen LogP contribution in [0.4, 0.5) is 5.69 Å². The first-order valence-electron chi connectivity index (χ1n) is 8.25. The number of furan rings is 1. The van der Waals surface area contributed by atoms with Crippen molar-refractivity contribution in [1.82, 2.24) is 5.32 Å². The number of nitrogens with zero attached hydrogens (tertiary/aromatic N) is 1. The van der Waals surface area contributed by atoms with E-state index in [1.807, 2.05) is 30.3 Å². The Morgan fingerprint density at radius 1 is 1.29 bits per heavy atom. The van der Waals surface area contributed by atoms with Gasteiger partial charge in [0.2, 0.25) is 11.8 Å². The van der Waals surface area contributed by atoms with Crippen LogP contribution in [0.15, 0.2) is 47.1 Å². The zero-order valence-corrected chi connectivity index (χ0v) is 14.0. The molecule has 1 aromatic carbocycles. The lowest BCUT2D eigenvalue weighted by molar-refractivity contribution is -0.126. The largest absolute Gasteiger partial charge is 0.467 e. The molecule has 1 fully saturated rings. The molecule has 1 aliphatic heterocycles. The van der Waals surface area contributed by atoms with Crippen LogP contribution in [0.3, 0.4) is 0 Å². The second kappa shape index (κ2) is 6.91. The monoisotopic (exact) mass is 326 g/mol. The quantitative estimate of drug-likeness (QED) is 0.918. The summed E-state index contributed by atoms with van der Waals surface area (Å²) in [7, 11) is 0. The Morgan fingerprint density at radius 3 is 2.79 bits per heavy atom. The van der Waals surface area contributed by atoms with Crippen LogP contribution in [0.25, 0.3) is 0 Å². The van der Waals surface area contributed by atoms with E-state index in [2.05, 4.69) is 19.2 Å². The van der Waals surface area contributed by atoms with Crippen molar-refractivity contribution in [3.63, 3.8) is 0 Å². The van der Waals surface area contributed by atoms with Crippen molar-refractivity contribution in [3.05, 3.63) is 54.0 Å². The predicted molar refractivity (Wildman–Crippen MR) is 91.5 cm³/mol. The number of carbonyl (C=O) groups excluding carboxylic acids is 2. The van der Waals surface area contributed by atoms with E-state index in [0.29, 0.717) is 24.8 Å². The van der Waals surface area contributed by atoms with Gasteiger partial charge in [-0.25, -0.2) is 0 Å². The lowest BCUT2D eigenvalue weighted by atomic mass is 10.0. The maximum Gasteiger partial charge on any atom is 0.227 e. The molecule has 0 spiro atoms. The number of nitrogens with one attached hydrogen (secondary N) is 1. The van der Waals surface area contributed by atoms with Crippen molar-refractivity contribution >= 4 is 17.5 Å². The van der Waals surface area contributed by atoms with E-state index in [0.717, 1.165) is 11.3 Å². The molecule has 1 atom stereocenters. The summed E-state index contributed by atoms with van der Waals surface area (Å²) >= 11 is 0. The van der Waals surface area contributed by atoms with Gasteiger partial charge in [0, 0.05) is 18.7 Å². The number of amides is 2. The maximum absolute atomic E-state index is 12.4. The van der Waals surface area contributed by atoms with E-state index in [4.69, 9.17) is 4.42 Å². The Hall–Kier alpha value is -2.56. The average molecular weight is 326 g/mol. The lowest BCUT2D eigenvalue weighted by Gasteiger charge is -2.22. The third-order valence-corrected chi connectivity index (χ3v) is 4.36. The highest BCUT2D eigenvalue weighted by molar-refractivity contribution is 6.00. The van der Waals surface area contributed by atoms with E-state index in [-0.39, 0.29) is 24.2 Å². The Balaban J connectivity index is 1.68. The molecule has 5 nitrogen and oxygen atoms in total. The van der Waals surface area contributed by atoms with Crippen molar-refractivity contribution in [1.29, 1.82) is 0 Å². The minimum atomic E-state index is -0.326. The summed E-state index contributed by atoms with van der Waals surface area (Å²) in [6.07, 6.45) is 1.82. The molecule has 2 aromatic rings. The normalized spacial score (nSPS) is 17.5. The molecule has 3 rings (SSSR count). The molecular weight excluding hydrogens is 304 g/mol. The van der Waals surface area contributed by atoms with Crippen LogP contribution in [-0.4, -0.2) is 18.4 Å². The molecule has 1 unspecified atom stereocenters. The maximum atomic E-state index is 12.4. The Labute approximate surface area is 141 Å². The molecule has 2 amide bonds. The minimum Gasteiger partial charge on any atom is -0.467 e. The van der Waals surface area contributed by atoms with Gasteiger partial charge in [0.25, 0.3) is 0 Å². The molecular formula is C19H22N2O3. The Morgan fingerprint density at radius 2 is 2.08 bits per heavy atom. The van der Waals surface area contributed by atoms with Crippen molar-refractivity contribution in [2.24, 2.45) is 5.92 Å². The molecule has 0 radical (unpaired) electrons. The minimum absolute atomic E-state index is 0.00116. The first-order valence-corrected chi connectivity index (χ1v) is 8.25. The molecule has 2 heterocycles. The van der Waals surface area contributed by atoms with Crippen LogP contribution in [0.5, 0.6) is 0 Å². The van der Waals surface area contributed by atoms with Gasteiger partial charge in [-0.3, -0.25) is 9.59 Å². The SMILES string of the molecule is CC(C)c1ccccc1N1CC(C(=O)NCc2ccco2)CC1=O. The summed E-state index contributed by atoms with van der Waals surface area (Å²) in [5.41, 5.74) is 2.04. The van der Waals surface area contributed by atoms with Gasteiger partial charge in [-0.1, -0.05) is 32.0 Å². The molecule has 5 heteroatoms. The molecule has 1 saturated heterocycles. The van der Waals surface area contributed by atoms with Gasteiger partial charge >= 0.3 is 0 Å². The van der Waals surface area contributed by atoms with E-state index < -0.39 is 0 Å². The second-order valence-corrected chi connectivity index (χ2v) is 6.42. The number of benzene rings is 1. The molecule has 0 bridgehead atoms. The van der Waals surface area contributed by atoms with Crippen LogP contribution in [-0.2, 0) is 16.1 Å². The highest BCUT2D eigenvalue weighted by atomic mass is 16.3. The third-order valence-electron chi connectivity index (χ3n) is 4.36. The highest BCUT2D eigenvalue weighted by Gasteiger charge is 2.36.